The second-order valence-corrected chi connectivity index (χ2v) is 3.98. The number of ketones is 1. The van der Waals surface area contributed by atoms with Crippen LogP contribution >= 0.6 is 11.6 Å². The van der Waals surface area contributed by atoms with Crippen LogP contribution < -0.4 is 4.74 Å². The fraction of sp³-hybridized carbons (Fsp3) is 0.364. The van der Waals surface area contributed by atoms with Gasteiger partial charge in [-0.3, -0.25) is 4.79 Å². The minimum absolute atomic E-state index is 0.199. The first kappa shape index (κ1) is 16.6. The average molecular weight is 321 g/mol. The van der Waals surface area contributed by atoms with Crippen LogP contribution in [0.4, 0.5) is 26.3 Å². The molecule has 0 fully saturated rings. The summed E-state index contributed by atoms with van der Waals surface area (Å²) >= 11 is 5.20. The van der Waals surface area contributed by atoms with Gasteiger partial charge in [0, 0.05) is 12.0 Å². The van der Waals surface area contributed by atoms with Crippen molar-refractivity contribution in [1.29, 1.82) is 0 Å². The average Bonchev–Trinajstić information content (AvgIpc) is 2.27. The smallest absolute Gasteiger partial charge is 0.405 e. The highest BCUT2D eigenvalue weighted by atomic mass is 35.5. The first-order chi connectivity index (χ1) is 9.03. The van der Waals surface area contributed by atoms with Crippen LogP contribution in [0.3, 0.4) is 0 Å². The molecular weight excluding hydrogens is 314 g/mol. The Kier molecular flexibility index (Phi) is 4.90. The molecule has 0 heterocycles. The Bertz CT molecular complexity index is 495. The number of rotatable bonds is 4. The molecule has 0 aliphatic carbocycles. The van der Waals surface area contributed by atoms with Gasteiger partial charge in [0.15, 0.2) is 5.78 Å². The highest BCUT2D eigenvalue weighted by Crippen LogP contribution is 2.35. The molecule has 0 amide bonds. The molecule has 2 nitrogen and oxygen atoms in total. The molecule has 0 unspecified atom stereocenters. The monoisotopic (exact) mass is 320 g/mol. The van der Waals surface area contributed by atoms with Crippen molar-refractivity contribution in [1.82, 2.24) is 0 Å². The fourth-order valence-electron chi connectivity index (χ4n) is 1.36. The Morgan fingerprint density at radius 2 is 1.75 bits per heavy atom. The lowest BCUT2D eigenvalue weighted by molar-refractivity contribution is -0.275. The number of ether oxygens (including phenoxy) is 1. The van der Waals surface area contributed by atoms with Crippen LogP contribution in [-0.4, -0.2) is 18.0 Å². The van der Waals surface area contributed by atoms with Gasteiger partial charge >= 0.3 is 12.5 Å². The van der Waals surface area contributed by atoms with Gasteiger partial charge in [0.1, 0.15) is 5.75 Å². The van der Waals surface area contributed by atoms with E-state index in [0.29, 0.717) is 6.07 Å². The summed E-state index contributed by atoms with van der Waals surface area (Å²) in [6.45, 7) is 0. The molecule has 0 saturated carbocycles. The molecule has 0 aliphatic heterocycles. The Hall–Kier alpha value is -1.44. The molecular formula is C11H7ClF6O2. The number of alkyl halides is 7. The molecule has 0 aromatic heterocycles. The predicted molar refractivity (Wildman–Crippen MR) is 57.6 cm³/mol. The molecule has 0 atom stereocenters. The van der Waals surface area contributed by atoms with E-state index in [2.05, 4.69) is 4.74 Å². The van der Waals surface area contributed by atoms with Crippen molar-refractivity contribution in [3.8, 4) is 5.75 Å². The maximum atomic E-state index is 12.4. The van der Waals surface area contributed by atoms with E-state index in [9.17, 15) is 31.1 Å². The van der Waals surface area contributed by atoms with E-state index in [0.717, 1.165) is 6.07 Å². The van der Waals surface area contributed by atoms with Crippen LogP contribution in [0.1, 0.15) is 11.1 Å². The maximum Gasteiger partial charge on any atom is 0.573 e. The topological polar surface area (TPSA) is 26.3 Å². The molecule has 0 bridgehead atoms. The maximum absolute atomic E-state index is 12.4. The van der Waals surface area contributed by atoms with Crippen molar-refractivity contribution in [3.05, 3.63) is 29.3 Å². The van der Waals surface area contributed by atoms with Crippen LogP contribution in [0, 0.1) is 0 Å². The SMILES string of the molecule is O=C(CCl)Cc1ccc(C(F)(F)F)cc1OC(F)(F)F. The third-order valence-electron chi connectivity index (χ3n) is 2.16. The fourth-order valence-corrected chi connectivity index (χ4v) is 1.45. The van der Waals surface area contributed by atoms with Gasteiger partial charge in [0.05, 0.1) is 11.4 Å². The van der Waals surface area contributed by atoms with Crippen LogP contribution in [0.2, 0.25) is 0 Å². The summed E-state index contributed by atoms with van der Waals surface area (Å²) in [6.07, 6.45) is -10.5. The molecule has 0 N–H and O–H groups in total. The quantitative estimate of drug-likeness (QED) is 0.620. The van der Waals surface area contributed by atoms with E-state index >= 15 is 0 Å². The number of halogens is 7. The first-order valence-electron chi connectivity index (χ1n) is 5.06. The largest absolute Gasteiger partial charge is 0.573 e. The summed E-state index contributed by atoms with van der Waals surface area (Å²) in [5.74, 6) is -2.17. The number of Topliss-reactive ketones (excluding diaryl/α,β-unsaturated/α-hetero) is 1. The standard InChI is InChI=1S/C11H7ClF6O2/c12-5-8(19)3-6-1-2-7(10(13,14)15)4-9(6)20-11(16,17)18/h1-2,4H,3,5H2. The molecule has 1 aromatic carbocycles. The Morgan fingerprint density at radius 1 is 1.15 bits per heavy atom. The number of benzene rings is 1. The normalized spacial score (nSPS) is 12.3. The first-order valence-corrected chi connectivity index (χ1v) is 5.60. The van der Waals surface area contributed by atoms with Crippen molar-refractivity contribution in [2.75, 3.05) is 5.88 Å². The third-order valence-corrected chi connectivity index (χ3v) is 2.45. The lowest BCUT2D eigenvalue weighted by Crippen LogP contribution is -2.19. The van der Waals surface area contributed by atoms with Gasteiger partial charge in [0.25, 0.3) is 0 Å². The zero-order chi connectivity index (χ0) is 15.6. The summed E-state index contributed by atoms with van der Waals surface area (Å²) in [5.41, 5.74) is -1.63. The number of carbonyl (C=O) groups is 1. The number of hydrogen-bond acceptors (Lipinski definition) is 2. The highest BCUT2D eigenvalue weighted by Gasteiger charge is 2.35. The predicted octanol–water partition coefficient (Wildman–Crippen LogP) is 3.95. The Labute approximate surface area is 114 Å². The van der Waals surface area contributed by atoms with Gasteiger partial charge < -0.3 is 4.74 Å². The van der Waals surface area contributed by atoms with Crippen molar-refractivity contribution in [2.24, 2.45) is 0 Å². The zero-order valence-corrected chi connectivity index (χ0v) is 10.4. The van der Waals surface area contributed by atoms with Gasteiger partial charge in [0.2, 0.25) is 0 Å². The van der Waals surface area contributed by atoms with E-state index in [1.807, 2.05) is 0 Å². The van der Waals surface area contributed by atoms with E-state index < -0.39 is 41.9 Å². The van der Waals surface area contributed by atoms with Crippen molar-refractivity contribution in [2.45, 2.75) is 19.0 Å². The molecule has 9 heteroatoms. The van der Waals surface area contributed by atoms with Crippen molar-refractivity contribution in [3.63, 3.8) is 0 Å². The van der Waals surface area contributed by atoms with Crippen LogP contribution in [0.5, 0.6) is 5.75 Å². The second-order valence-electron chi connectivity index (χ2n) is 3.72. The lowest BCUT2D eigenvalue weighted by atomic mass is 10.1. The van der Waals surface area contributed by atoms with Gasteiger partial charge in [-0.05, 0) is 12.1 Å². The van der Waals surface area contributed by atoms with Gasteiger partial charge in [-0.1, -0.05) is 6.07 Å². The van der Waals surface area contributed by atoms with Gasteiger partial charge in [-0.25, -0.2) is 0 Å². The Morgan fingerprint density at radius 3 is 2.20 bits per heavy atom. The molecule has 112 valence electrons. The van der Waals surface area contributed by atoms with E-state index in [1.165, 1.54) is 0 Å². The molecule has 20 heavy (non-hydrogen) atoms. The van der Waals surface area contributed by atoms with E-state index in [4.69, 9.17) is 11.6 Å². The highest BCUT2D eigenvalue weighted by molar-refractivity contribution is 6.27. The molecule has 1 rings (SSSR count). The summed E-state index contributed by atoms with van der Waals surface area (Å²) in [6, 6.07) is 1.53. The molecule has 0 saturated heterocycles. The number of hydrogen-bond donors (Lipinski definition) is 0. The van der Waals surface area contributed by atoms with Crippen LogP contribution in [0.25, 0.3) is 0 Å². The molecule has 0 radical (unpaired) electrons. The summed E-state index contributed by atoms with van der Waals surface area (Å²) in [5, 5.41) is 0. The third kappa shape index (κ3) is 4.92. The summed E-state index contributed by atoms with van der Waals surface area (Å²) < 4.78 is 77.3. The van der Waals surface area contributed by atoms with Crippen molar-refractivity contribution < 1.29 is 35.9 Å². The minimum atomic E-state index is -5.16. The molecule has 0 aliphatic rings. The van der Waals surface area contributed by atoms with Gasteiger partial charge in [-0.2, -0.15) is 13.2 Å². The van der Waals surface area contributed by atoms with Gasteiger partial charge in [-0.15, -0.1) is 24.8 Å². The molecule has 0 spiro atoms. The van der Waals surface area contributed by atoms with Crippen molar-refractivity contribution >= 4 is 17.4 Å². The zero-order valence-electron chi connectivity index (χ0n) is 9.61. The van der Waals surface area contributed by atoms with Crippen LogP contribution in [-0.2, 0) is 17.4 Å². The second kappa shape index (κ2) is 5.90. The van der Waals surface area contributed by atoms with E-state index in [1.54, 1.807) is 0 Å². The van der Waals surface area contributed by atoms with Crippen LogP contribution in [0.15, 0.2) is 18.2 Å². The lowest BCUT2D eigenvalue weighted by Gasteiger charge is -2.15. The minimum Gasteiger partial charge on any atom is -0.405 e. The van der Waals surface area contributed by atoms with E-state index in [-0.39, 0.29) is 11.6 Å². The number of carbonyl (C=O) groups excluding carboxylic acids is 1. The summed E-state index contributed by atoms with van der Waals surface area (Å²) in [4.78, 5) is 11.1. The Balaban J connectivity index is 3.20. The molecule has 1 aromatic rings. The summed E-state index contributed by atoms with van der Waals surface area (Å²) in [7, 11) is 0.